The molecule has 1 N–H and O–H groups in total. The van der Waals surface area contributed by atoms with Gasteiger partial charge in [-0.3, -0.25) is 0 Å². The molecular weight excluding hydrogens is 305 g/mol. The average molecular weight is 320 g/mol. The van der Waals surface area contributed by atoms with E-state index >= 15 is 0 Å². The zero-order valence-corrected chi connectivity index (χ0v) is 12.4. The molecule has 0 saturated carbocycles. The highest BCUT2D eigenvalue weighted by Gasteiger charge is 2.30. The molecule has 0 bridgehead atoms. The molecule has 0 spiro atoms. The molecule has 1 aromatic heterocycles. The summed E-state index contributed by atoms with van der Waals surface area (Å²) in [6.45, 7) is 9.37. The monoisotopic (exact) mass is 320 g/mol. The number of hydrogen-bond donors (Lipinski definition) is 1. The fourth-order valence-corrected chi connectivity index (χ4v) is 2.08. The van der Waals surface area contributed by atoms with Gasteiger partial charge in [0.1, 0.15) is 11.6 Å². The van der Waals surface area contributed by atoms with E-state index in [1.165, 1.54) is 24.3 Å². The van der Waals surface area contributed by atoms with Crippen LogP contribution in [-0.2, 0) is 0 Å². The number of pyridine rings is 1. The molecule has 23 heavy (non-hydrogen) atoms. The van der Waals surface area contributed by atoms with Crippen molar-refractivity contribution >= 4 is 23.7 Å². The van der Waals surface area contributed by atoms with Gasteiger partial charge in [0.15, 0.2) is 0 Å². The van der Waals surface area contributed by atoms with Crippen molar-refractivity contribution in [2.75, 3.05) is 5.32 Å². The Morgan fingerprint density at radius 3 is 2.30 bits per heavy atom. The minimum absolute atomic E-state index is 0.277. The highest BCUT2D eigenvalue weighted by atomic mass is 19.4. The Bertz CT molecular complexity index is 722. The van der Waals surface area contributed by atoms with Crippen molar-refractivity contribution in [3.63, 3.8) is 0 Å². The molecule has 6 heteroatoms. The van der Waals surface area contributed by atoms with Crippen LogP contribution < -0.4 is 10.1 Å². The molecule has 0 radical (unpaired) electrons. The van der Waals surface area contributed by atoms with E-state index in [9.17, 15) is 13.2 Å². The minimum Gasteiger partial charge on any atom is -0.406 e. The summed E-state index contributed by atoms with van der Waals surface area (Å²) < 4.78 is 40.2. The number of alkyl halides is 3. The van der Waals surface area contributed by atoms with Crippen molar-refractivity contribution in [2.24, 2.45) is 0 Å². The second-order valence-corrected chi connectivity index (χ2v) is 4.73. The lowest BCUT2D eigenvalue weighted by molar-refractivity contribution is -0.274. The van der Waals surface area contributed by atoms with Crippen molar-refractivity contribution in [1.29, 1.82) is 0 Å². The van der Waals surface area contributed by atoms with E-state index in [0.717, 1.165) is 11.1 Å². The molecule has 2 aromatic rings. The molecule has 3 nitrogen and oxygen atoms in total. The van der Waals surface area contributed by atoms with Crippen molar-refractivity contribution in [3.05, 3.63) is 60.3 Å². The van der Waals surface area contributed by atoms with Gasteiger partial charge in [-0.05, 0) is 48.9 Å². The Labute approximate surface area is 132 Å². The van der Waals surface area contributed by atoms with Crippen LogP contribution in [0.5, 0.6) is 5.75 Å². The predicted molar refractivity (Wildman–Crippen MR) is 85.6 cm³/mol. The van der Waals surface area contributed by atoms with Crippen LogP contribution in [0.1, 0.15) is 16.8 Å². The van der Waals surface area contributed by atoms with Crippen LogP contribution in [0.4, 0.5) is 24.7 Å². The van der Waals surface area contributed by atoms with E-state index in [1.54, 1.807) is 12.2 Å². The molecular formula is C17H15F3N2O. The van der Waals surface area contributed by atoms with Crippen LogP contribution in [0, 0.1) is 6.92 Å². The normalized spacial score (nSPS) is 11.0. The summed E-state index contributed by atoms with van der Waals surface area (Å²) in [5.74, 6) is 0.286. The Balaban J connectivity index is 2.21. The van der Waals surface area contributed by atoms with E-state index in [0.29, 0.717) is 17.2 Å². The van der Waals surface area contributed by atoms with Gasteiger partial charge in [0.05, 0.1) is 5.69 Å². The summed E-state index contributed by atoms with van der Waals surface area (Å²) in [6.07, 6.45) is -1.38. The van der Waals surface area contributed by atoms with Gasteiger partial charge >= 0.3 is 6.36 Å². The van der Waals surface area contributed by atoms with E-state index < -0.39 is 6.36 Å². The van der Waals surface area contributed by atoms with Gasteiger partial charge < -0.3 is 10.1 Å². The first-order valence-corrected chi connectivity index (χ1v) is 6.71. The Kier molecular flexibility index (Phi) is 4.74. The first kappa shape index (κ1) is 16.6. The molecule has 1 aromatic carbocycles. The molecule has 0 unspecified atom stereocenters. The number of rotatable bonds is 5. The number of hydrogen-bond acceptors (Lipinski definition) is 3. The summed E-state index contributed by atoms with van der Waals surface area (Å²) in [7, 11) is 0. The third kappa shape index (κ3) is 4.35. The first-order chi connectivity index (χ1) is 10.8. The summed E-state index contributed by atoms with van der Waals surface area (Å²) >= 11 is 0. The standard InChI is InChI=1S/C17H15F3N2O/c1-4-14-11(3)10-16(22-15(14)5-2)21-12-6-8-13(9-7-12)23-17(18,19)20/h4-10H,1-2H2,3H3,(H,21,22). The Morgan fingerprint density at radius 1 is 1.13 bits per heavy atom. The van der Waals surface area contributed by atoms with Gasteiger partial charge in [0.2, 0.25) is 0 Å². The van der Waals surface area contributed by atoms with Crippen molar-refractivity contribution < 1.29 is 17.9 Å². The highest BCUT2D eigenvalue weighted by molar-refractivity contribution is 5.68. The molecule has 0 fully saturated rings. The molecule has 0 aliphatic carbocycles. The van der Waals surface area contributed by atoms with E-state index in [1.807, 2.05) is 13.0 Å². The smallest absolute Gasteiger partial charge is 0.406 e. The molecule has 0 saturated heterocycles. The number of anilines is 2. The zero-order chi connectivity index (χ0) is 17.0. The van der Waals surface area contributed by atoms with Crippen LogP contribution in [0.25, 0.3) is 12.2 Å². The maximum atomic E-state index is 12.1. The quantitative estimate of drug-likeness (QED) is 0.810. The van der Waals surface area contributed by atoms with Gasteiger partial charge in [0, 0.05) is 11.3 Å². The van der Waals surface area contributed by atoms with E-state index in [4.69, 9.17) is 0 Å². The van der Waals surface area contributed by atoms with Gasteiger partial charge in [0.25, 0.3) is 0 Å². The Hall–Kier alpha value is -2.76. The van der Waals surface area contributed by atoms with E-state index in [2.05, 4.69) is 28.2 Å². The predicted octanol–water partition coefficient (Wildman–Crippen LogP) is 5.32. The Morgan fingerprint density at radius 2 is 1.78 bits per heavy atom. The van der Waals surface area contributed by atoms with Gasteiger partial charge in [-0.1, -0.05) is 19.2 Å². The number of halogens is 3. The number of ether oxygens (including phenoxy) is 1. The topological polar surface area (TPSA) is 34.2 Å². The summed E-state index contributed by atoms with van der Waals surface area (Å²) in [5.41, 5.74) is 3.12. The molecule has 120 valence electrons. The third-order valence-electron chi connectivity index (χ3n) is 3.05. The molecule has 0 aliphatic rings. The lowest BCUT2D eigenvalue weighted by Gasteiger charge is -2.12. The minimum atomic E-state index is -4.70. The first-order valence-electron chi connectivity index (χ1n) is 6.71. The van der Waals surface area contributed by atoms with Crippen LogP contribution >= 0.6 is 0 Å². The molecule has 0 atom stereocenters. The number of aromatic nitrogens is 1. The highest BCUT2D eigenvalue weighted by Crippen LogP contribution is 2.26. The molecule has 0 amide bonds. The fourth-order valence-electron chi connectivity index (χ4n) is 2.08. The van der Waals surface area contributed by atoms with Gasteiger partial charge in [-0.2, -0.15) is 0 Å². The molecule has 1 heterocycles. The maximum Gasteiger partial charge on any atom is 0.573 e. The number of nitrogens with zero attached hydrogens (tertiary/aromatic N) is 1. The largest absolute Gasteiger partial charge is 0.573 e. The number of aryl methyl sites for hydroxylation is 1. The fraction of sp³-hybridized carbons (Fsp3) is 0.118. The summed E-state index contributed by atoms with van der Waals surface area (Å²) in [4.78, 5) is 4.39. The zero-order valence-electron chi connectivity index (χ0n) is 12.4. The molecule has 2 rings (SSSR count). The van der Waals surface area contributed by atoms with Crippen molar-refractivity contribution in [2.45, 2.75) is 13.3 Å². The third-order valence-corrected chi connectivity index (χ3v) is 3.05. The van der Waals surface area contributed by atoms with Crippen LogP contribution in [-0.4, -0.2) is 11.3 Å². The van der Waals surface area contributed by atoms with Crippen LogP contribution in [0.15, 0.2) is 43.5 Å². The second-order valence-electron chi connectivity index (χ2n) is 4.73. The number of nitrogens with one attached hydrogen (secondary N) is 1. The van der Waals surface area contributed by atoms with Crippen LogP contribution in [0.3, 0.4) is 0 Å². The summed E-state index contributed by atoms with van der Waals surface area (Å²) in [5, 5.41) is 3.03. The second kappa shape index (κ2) is 6.56. The number of benzene rings is 1. The maximum absolute atomic E-state index is 12.1. The van der Waals surface area contributed by atoms with Crippen LogP contribution in [0.2, 0.25) is 0 Å². The summed E-state index contributed by atoms with van der Waals surface area (Å²) in [6, 6.07) is 7.24. The SMILES string of the molecule is C=Cc1nc(Nc2ccc(OC(F)(F)F)cc2)cc(C)c1C=C. The van der Waals surface area contributed by atoms with E-state index in [-0.39, 0.29) is 5.75 Å². The lowest BCUT2D eigenvalue weighted by Crippen LogP contribution is -2.16. The van der Waals surface area contributed by atoms with Crippen molar-refractivity contribution in [1.82, 2.24) is 4.98 Å². The van der Waals surface area contributed by atoms with Gasteiger partial charge in [-0.15, -0.1) is 13.2 Å². The lowest BCUT2D eigenvalue weighted by atomic mass is 10.1. The van der Waals surface area contributed by atoms with Gasteiger partial charge in [-0.25, -0.2) is 4.98 Å². The van der Waals surface area contributed by atoms with Crippen molar-refractivity contribution in [3.8, 4) is 5.75 Å². The average Bonchev–Trinajstić information content (AvgIpc) is 2.47. The molecule has 0 aliphatic heterocycles.